The topological polar surface area (TPSA) is 71.1 Å². The highest BCUT2D eigenvalue weighted by molar-refractivity contribution is 6.13. The van der Waals surface area contributed by atoms with E-state index in [-0.39, 0.29) is 0 Å². The van der Waals surface area contributed by atoms with Gasteiger partial charge < -0.3 is 18.9 Å². The molecule has 0 N–H and O–H groups in total. The minimum absolute atomic E-state index is 0.421. The molecule has 0 atom stereocenters. The van der Waals surface area contributed by atoms with Gasteiger partial charge in [0.25, 0.3) is 0 Å². The van der Waals surface area contributed by atoms with Crippen molar-refractivity contribution in [1.29, 1.82) is 0 Å². The predicted molar refractivity (Wildman–Crippen MR) is 126 cm³/mol. The van der Waals surface area contributed by atoms with Gasteiger partial charge in [0.15, 0.2) is 34.6 Å². The third kappa shape index (κ3) is 8.20. The van der Waals surface area contributed by atoms with Crippen LogP contribution in [0.4, 0.5) is 13.2 Å². The average Bonchev–Trinajstić information content (AvgIpc) is 2.84. The van der Waals surface area contributed by atoms with Crippen molar-refractivity contribution in [2.24, 2.45) is 5.92 Å². The maximum Gasteiger partial charge on any atom is 0.389 e. The van der Waals surface area contributed by atoms with E-state index >= 15 is 0 Å². The van der Waals surface area contributed by atoms with Crippen molar-refractivity contribution in [3.05, 3.63) is 59.7 Å². The fraction of sp³-hybridized carbons (Fsp3) is 0.308. The van der Waals surface area contributed by atoms with Crippen molar-refractivity contribution in [2.75, 3.05) is 28.4 Å². The van der Waals surface area contributed by atoms with Crippen molar-refractivity contribution in [3.8, 4) is 23.0 Å². The first kappa shape index (κ1) is 27.5. The molecule has 0 saturated carbocycles. The first-order valence-electron chi connectivity index (χ1n) is 10.6. The van der Waals surface area contributed by atoms with Gasteiger partial charge in [0.05, 0.1) is 34.4 Å². The Kier molecular flexibility index (Phi) is 9.93. The molecule has 0 aromatic heterocycles. The summed E-state index contributed by atoms with van der Waals surface area (Å²) in [7, 11) is 5.85. The van der Waals surface area contributed by atoms with Gasteiger partial charge in [-0.2, -0.15) is 13.2 Å². The molecule has 0 radical (unpaired) electrons. The zero-order valence-electron chi connectivity index (χ0n) is 19.8. The zero-order chi connectivity index (χ0) is 26.0. The van der Waals surface area contributed by atoms with Crippen LogP contribution in [0, 0.1) is 5.92 Å². The number of methoxy groups -OCH3 is 4. The van der Waals surface area contributed by atoms with Crippen LogP contribution in [0.5, 0.6) is 23.0 Å². The second kappa shape index (κ2) is 12.6. The Labute approximate surface area is 201 Å². The molecule has 0 heterocycles. The third-order valence-corrected chi connectivity index (χ3v) is 5.10. The molecule has 2 aromatic rings. The number of ketones is 2. The van der Waals surface area contributed by atoms with Crippen LogP contribution in [-0.2, 0) is 9.59 Å². The minimum Gasteiger partial charge on any atom is -0.493 e. The fourth-order valence-corrected chi connectivity index (χ4v) is 3.23. The summed E-state index contributed by atoms with van der Waals surface area (Å²) in [6, 6.07) is 9.75. The highest BCUT2D eigenvalue weighted by atomic mass is 19.4. The molecule has 2 aromatic carbocycles. The van der Waals surface area contributed by atoms with E-state index in [9.17, 15) is 22.8 Å². The van der Waals surface area contributed by atoms with Crippen LogP contribution in [0.3, 0.4) is 0 Å². The highest BCUT2D eigenvalue weighted by Crippen LogP contribution is 2.30. The van der Waals surface area contributed by atoms with Gasteiger partial charge in [-0.3, -0.25) is 9.59 Å². The minimum atomic E-state index is -4.50. The average molecular weight is 492 g/mol. The zero-order valence-corrected chi connectivity index (χ0v) is 19.8. The summed E-state index contributed by atoms with van der Waals surface area (Å²) in [5.74, 6) is -1.14. The first-order chi connectivity index (χ1) is 16.6. The van der Waals surface area contributed by atoms with Crippen LogP contribution in [-0.4, -0.2) is 46.2 Å². The molecule has 0 saturated heterocycles. The van der Waals surface area contributed by atoms with Gasteiger partial charge in [-0.1, -0.05) is 24.3 Å². The molecule has 0 aliphatic rings. The van der Waals surface area contributed by atoms with E-state index in [4.69, 9.17) is 18.9 Å². The largest absolute Gasteiger partial charge is 0.493 e. The van der Waals surface area contributed by atoms with Crippen molar-refractivity contribution >= 4 is 23.7 Å². The SMILES string of the molecule is COc1ccc(C=CC(=O)C(CCC(F)(F)F)C(=O)C=Cc2ccc(OC)c(OC)c2)cc1OC. The maximum atomic E-state index is 12.8. The molecule has 0 fully saturated rings. The number of hydrogen-bond acceptors (Lipinski definition) is 6. The predicted octanol–water partition coefficient (Wildman–Crippen LogP) is 5.54. The molecule has 0 unspecified atom stereocenters. The monoisotopic (exact) mass is 492 g/mol. The number of ether oxygens (including phenoxy) is 4. The normalized spacial score (nSPS) is 12.5. The Hall–Kier alpha value is -3.75. The van der Waals surface area contributed by atoms with Crippen molar-refractivity contribution in [1.82, 2.24) is 0 Å². The van der Waals surface area contributed by atoms with Gasteiger partial charge in [0, 0.05) is 6.42 Å². The van der Waals surface area contributed by atoms with E-state index in [2.05, 4.69) is 0 Å². The Bertz CT molecular complexity index is 1010. The molecule has 0 amide bonds. The lowest BCUT2D eigenvalue weighted by Gasteiger charge is -2.13. The summed E-state index contributed by atoms with van der Waals surface area (Å²) >= 11 is 0. The van der Waals surface area contributed by atoms with Crippen LogP contribution in [0.25, 0.3) is 12.2 Å². The van der Waals surface area contributed by atoms with Crippen molar-refractivity contribution in [3.63, 3.8) is 0 Å². The molecule has 2 rings (SSSR count). The lowest BCUT2D eigenvalue weighted by Crippen LogP contribution is -2.23. The Balaban J connectivity index is 2.25. The van der Waals surface area contributed by atoms with Crippen LogP contribution < -0.4 is 18.9 Å². The molecular formula is C26H27F3O6. The standard InChI is InChI=1S/C26H27F3O6/c1-32-22-11-7-17(15-24(22)34-3)5-9-20(30)19(13-14-26(27,28)29)21(31)10-6-18-8-12-23(33-2)25(16-18)35-4/h5-12,15-16,19H,13-14H2,1-4H3. The van der Waals surface area contributed by atoms with Crippen LogP contribution >= 0.6 is 0 Å². The van der Waals surface area contributed by atoms with Crippen LogP contribution in [0.1, 0.15) is 24.0 Å². The summed E-state index contributed by atoms with van der Waals surface area (Å²) in [6.45, 7) is 0. The molecule has 0 spiro atoms. The second-order valence-corrected chi connectivity index (χ2v) is 7.41. The summed E-state index contributed by atoms with van der Waals surface area (Å²) in [4.78, 5) is 25.5. The number of carbonyl (C=O) groups excluding carboxylic acids is 2. The number of halogens is 3. The smallest absolute Gasteiger partial charge is 0.389 e. The molecule has 9 heteroatoms. The number of allylic oxidation sites excluding steroid dienone is 2. The lowest BCUT2D eigenvalue weighted by atomic mass is 9.92. The molecule has 0 aliphatic heterocycles. The van der Waals surface area contributed by atoms with Crippen molar-refractivity contribution < 1.29 is 41.7 Å². The first-order valence-corrected chi connectivity index (χ1v) is 10.6. The van der Waals surface area contributed by atoms with E-state index < -0.39 is 36.5 Å². The van der Waals surface area contributed by atoms with E-state index in [1.807, 2.05) is 0 Å². The van der Waals surface area contributed by atoms with Gasteiger partial charge in [-0.15, -0.1) is 0 Å². The summed E-state index contributed by atoms with van der Waals surface area (Å²) < 4.78 is 59.2. The molecule has 0 aliphatic carbocycles. The Morgan fingerprint density at radius 2 is 1.14 bits per heavy atom. The number of benzene rings is 2. The Morgan fingerprint density at radius 1 is 0.743 bits per heavy atom. The molecule has 0 bridgehead atoms. The Morgan fingerprint density at radius 3 is 1.49 bits per heavy atom. The van der Waals surface area contributed by atoms with Gasteiger partial charge in [0.1, 0.15) is 0 Å². The number of hydrogen-bond donors (Lipinski definition) is 0. The van der Waals surface area contributed by atoms with Crippen LogP contribution in [0.15, 0.2) is 48.6 Å². The van der Waals surface area contributed by atoms with Gasteiger partial charge >= 0.3 is 6.18 Å². The lowest BCUT2D eigenvalue weighted by molar-refractivity contribution is -0.142. The quantitative estimate of drug-likeness (QED) is 0.286. The van der Waals surface area contributed by atoms with Gasteiger partial charge in [-0.05, 0) is 54.0 Å². The molecule has 35 heavy (non-hydrogen) atoms. The summed E-state index contributed by atoms with van der Waals surface area (Å²) in [5, 5.41) is 0. The van der Waals surface area contributed by atoms with Crippen LogP contribution in [0.2, 0.25) is 0 Å². The summed E-state index contributed by atoms with van der Waals surface area (Å²) in [5.41, 5.74) is 1.11. The van der Waals surface area contributed by atoms with E-state index in [0.29, 0.717) is 34.1 Å². The van der Waals surface area contributed by atoms with E-state index in [1.165, 1.54) is 40.6 Å². The summed E-state index contributed by atoms with van der Waals surface area (Å²) in [6.07, 6.45) is -1.39. The fourth-order valence-electron chi connectivity index (χ4n) is 3.23. The molecule has 6 nitrogen and oxygen atoms in total. The number of carbonyl (C=O) groups is 2. The van der Waals surface area contributed by atoms with Crippen molar-refractivity contribution in [2.45, 2.75) is 19.0 Å². The number of alkyl halides is 3. The molecule has 188 valence electrons. The maximum absolute atomic E-state index is 12.8. The molecular weight excluding hydrogens is 465 g/mol. The third-order valence-electron chi connectivity index (χ3n) is 5.10. The number of rotatable bonds is 12. The van der Waals surface area contributed by atoms with Gasteiger partial charge in [-0.25, -0.2) is 0 Å². The highest BCUT2D eigenvalue weighted by Gasteiger charge is 2.32. The second-order valence-electron chi connectivity index (χ2n) is 7.41. The van der Waals surface area contributed by atoms with Gasteiger partial charge in [0.2, 0.25) is 0 Å². The van der Waals surface area contributed by atoms with E-state index in [0.717, 1.165) is 12.2 Å². The van der Waals surface area contributed by atoms with E-state index in [1.54, 1.807) is 36.4 Å².